The first-order valence-corrected chi connectivity index (χ1v) is 6.59. The van der Waals surface area contributed by atoms with E-state index in [-0.39, 0.29) is 6.61 Å². The van der Waals surface area contributed by atoms with Gasteiger partial charge in [-0.05, 0) is 31.1 Å². The van der Waals surface area contributed by atoms with Gasteiger partial charge in [0, 0.05) is 13.1 Å². The number of ether oxygens (including phenoxy) is 1. The van der Waals surface area contributed by atoms with Crippen LogP contribution < -0.4 is 5.32 Å². The highest BCUT2D eigenvalue weighted by Gasteiger charge is 2.36. The third-order valence-corrected chi connectivity index (χ3v) is 3.65. The number of hydrogen-bond acceptors (Lipinski definition) is 4. The smallest absolute Gasteiger partial charge is 0.0772 e. The van der Waals surface area contributed by atoms with Crippen LogP contribution in [0.5, 0.6) is 0 Å². The lowest BCUT2D eigenvalue weighted by Gasteiger charge is -2.40. The lowest BCUT2D eigenvalue weighted by atomic mass is 9.71. The molecule has 0 aromatic rings. The lowest BCUT2D eigenvalue weighted by molar-refractivity contribution is -0.0254. The second kappa shape index (κ2) is 6.69. The molecule has 3 N–H and O–H groups in total. The number of rotatable bonds is 7. The lowest BCUT2D eigenvalue weighted by Crippen LogP contribution is -2.45. The molecule has 1 aliphatic carbocycles. The standard InChI is InChI=1S/C13H27NO3/c1-12(2)3-5-13(16,6-4-12)11-14-7-9-17-10-8-15/h14-16H,3-11H2,1-2H3. The van der Waals surface area contributed by atoms with Gasteiger partial charge in [0.05, 0.1) is 25.4 Å². The Morgan fingerprint density at radius 3 is 2.35 bits per heavy atom. The van der Waals surface area contributed by atoms with E-state index in [0.717, 1.165) is 32.2 Å². The second-order valence-corrected chi connectivity index (χ2v) is 5.90. The summed E-state index contributed by atoms with van der Waals surface area (Å²) < 4.78 is 5.14. The molecule has 4 heteroatoms. The van der Waals surface area contributed by atoms with Gasteiger partial charge < -0.3 is 20.3 Å². The Morgan fingerprint density at radius 1 is 1.12 bits per heavy atom. The van der Waals surface area contributed by atoms with Crippen molar-refractivity contribution in [2.75, 3.05) is 32.9 Å². The van der Waals surface area contributed by atoms with Gasteiger partial charge in [0.15, 0.2) is 0 Å². The van der Waals surface area contributed by atoms with E-state index >= 15 is 0 Å². The molecule has 1 saturated carbocycles. The molecule has 0 bridgehead atoms. The predicted octanol–water partition coefficient (Wildman–Crippen LogP) is 0.916. The van der Waals surface area contributed by atoms with Gasteiger partial charge in [-0.25, -0.2) is 0 Å². The summed E-state index contributed by atoms with van der Waals surface area (Å²) in [6, 6.07) is 0. The quantitative estimate of drug-likeness (QED) is 0.584. The first kappa shape index (κ1) is 14.9. The molecular weight excluding hydrogens is 218 g/mol. The zero-order valence-corrected chi connectivity index (χ0v) is 11.2. The Kier molecular flexibility index (Phi) is 5.86. The zero-order chi connectivity index (χ0) is 12.8. The third kappa shape index (κ3) is 5.82. The molecule has 17 heavy (non-hydrogen) atoms. The molecule has 0 heterocycles. The number of hydrogen-bond donors (Lipinski definition) is 3. The molecule has 102 valence electrons. The summed E-state index contributed by atoms with van der Waals surface area (Å²) in [5.41, 5.74) is -0.150. The van der Waals surface area contributed by atoms with Gasteiger partial charge in [-0.15, -0.1) is 0 Å². The summed E-state index contributed by atoms with van der Waals surface area (Å²) in [7, 11) is 0. The molecule has 1 fully saturated rings. The molecule has 0 aromatic carbocycles. The monoisotopic (exact) mass is 245 g/mol. The van der Waals surface area contributed by atoms with Crippen LogP contribution in [0.4, 0.5) is 0 Å². The van der Waals surface area contributed by atoms with Crippen LogP contribution in [0.25, 0.3) is 0 Å². The number of aliphatic hydroxyl groups is 2. The SMILES string of the molecule is CC1(C)CCC(O)(CNCCOCCO)CC1. The van der Waals surface area contributed by atoms with E-state index in [1.165, 1.54) is 0 Å². The molecule has 1 aliphatic rings. The van der Waals surface area contributed by atoms with E-state index in [9.17, 15) is 5.11 Å². The average Bonchev–Trinajstić information content (AvgIpc) is 2.28. The molecule has 0 aromatic heterocycles. The van der Waals surface area contributed by atoms with E-state index in [0.29, 0.717) is 25.2 Å². The Bertz CT molecular complexity index is 209. The van der Waals surface area contributed by atoms with Gasteiger partial charge in [-0.1, -0.05) is 13.8 Å². The summed E-state index contributed by atoms with van der Waals surface area (Å²) in [6.45, 7) is 6.95. The van der Waals surface area contributed by atoms with Crippen LogP contribution in [0.2, 0.25) is 0 Å². The molecule has 0 spiro atoms. The molecule has 0 unspecified atom stereocenters. The summed E-state index contributed by atoms with van der Waals surface area (Å²) in [4.78, 5) is 0. The van der Waals surface area contributed by atoms with Crippen LogP contribution in [-0.4, -0.2) is 48.7 Å². The van der Waals surface area contributed by atoms with Crippen LogP contribution in [0.15, 0.2) is 0 Å². The van der Waals surface area contributed by atoms with E-state index in [1.807, 2.05) is 0 Å². The van der Waals surface area contributed by atoms with Crippen LogP contribution in [0.3, 0.4) is 0 Å². The highest BCUT2D eigenvalue weighted by molar-refractivity contribution is 4.90. The van der Waals surface area contributed by atoms with Crippen molar-refractivity contribution in [1.29, 1.82) is 0 Å². The Labute approximate surface area is 104 Å². The van der Waals surface area contributed by atoms with E-state index in [2.05, 4.69) is 19.2 Å². The summed E-state index contributed by atoms with van der Waals surface area (Å²) in [5, 5.41) is 22.1. The zero-order valence-electron chi connectivity index (χ0n) is 11.2. The first-order valence-electron chi connectivity index (χ1n) is 6.59. The fourth-order valence-electron chi connectivity index (χ4n) is 2.20. The maximum absolute atomic E-state index is 10.4. The predicted molar refractivity (Wildman–Crippen MR) is 68.0 cm³/mol. The Balaban J connectivity index is 2.10. The van der Waals surface area contributed by atoms with E-state index in [1.54, 1.807) is 0 Å². The molecule has 0 radical (unpaired) electrons. The van der Waals surface area contributed by atoms with Crippen LogP contribution in [0.1, 0.15) is 39.5 Å². The normalized spacial score (nSPS) is 22.6. The van der Waals surface area contributed by atoms with Crippen molar-refractivity contribution in [3.8, 4) is 0 Å². The van der Waals surface area contributed by atoms with Crippen LogP contribution in [0, 0.1) is 5.41 Å². The summed E-state index contributed by atoms with van der Waals surface area (Å²) in [5.74, 6) is 0. The minimum Gasteiger partial charge on any atom is -0.394 e. The van der Waals surface area contributed by atoms with Crippen molar-refractivity contribution in [3.63, 3.8) is 0 Å². The van der Waals surface area contributed by atoms with Gasteiger partial charge in [0.1, 0.15) is 0 Å². The fraction of sp³-hybridized carbons (Fsp3) is 1.00. The molecule has 4 nitrogen and oxygen atoms in total. The number of nitrogens with one attached hydrogen (secondary N) is 1. The molecule has 0 saturated heterocycles. The van der Waals surface area contributed by atoms with Gasteiger partial charge >= 0.3 is 0 Å². The van der Waals surface area contributed by atoms with Gasteiger partial charge in [-0.2, -0.15) is 0 Å². The molecular formula is C13H27NO3. The van der Waals surface area contributed by atoms with Gasteiger partial charge in [0.2, 0.25) is 0 Å². The van der Waals surface area contributed by atoms with Crippen molar-refractivity contribution >= 4 is 0 Å². The molecule has 0 amide bonds. The van der Waals surface area contributed by atoms with Gasteiger partial charge in [0.25, 0.3) is 0 Å². The maximum atomic E-state index is 10.4. The van der Waals surface area contributed by atoms with Crippen molar-refractivity contribution in [2.45, 2.75) is 45.1 Å². The highest BCUT2D eigenvalue weighted by Crippen LogP contribution is 2.39. The van der Waals surface area contributed by atoms with Crippen molar-refractivity contribution in [2.24, 2.45) is 5.41 Å². The summed E-state index contributed by atoms with van der Waals surface area (Å²) >= 11 is 0. The van der Waals surface area contributed by atoms with Crippen LogP contribution >= 0.6 is 0 Å². The number of aliphatic hydroxyl groups excluding tert-OH is 1. The summed E-state index contributed by atoms with van der Waals surface area (Å²) in [6.07, 6.45) is 3.94. The average molecular weight is 245 g/mol. The molecule has 1 rings (SSSR count). The van der Waals surface area contributed by atoms with Crippen molar-refractivity contribution in [1.82, 2.24) is 5.32 Å². The second-order valence-electron chi connectivity index (χ2n) is 5.90. The van der Waals surface area contributed by atoms with E-state index in [4.69, 9.17) is 9.84 Å². The largest absolute Gasteiger partial charge is 0.394 e. The van der Waals surface area contributed by atoms with Crippen LogP contribution in [-0.2, 0) is 4.74 Å². The molecule has 0 aliphatic heterocycles. The topological polar surface area (TPSA) is 61.7 Å². The Hall–Kier alpha value is -0.160. The molecule has 0 atom stereocenters. The minimum absolute atomic E-state index is 0.0685. The first-order chi connectivity index (χ1) is 7.97. The Morgan fingerprint density at radius 2 is 1.76 bits per heavy atom. The highest BCUT2D eigenvalue weighted by atomic mass is 16.5. The van der Waals surface area contributed by atoms with Gasteiger partial charge in [-0.3, -0.25) is 0 Å². The minimum atomic E-state index is -0.535. The van der Waals surface area contributed by atoms with Crippen molar-refractivity contribution in [3.05, 3.63) is 0 Å². The third-order valence-electron chi connectivity index (χ3n) is 3.65. The van der Waals surface area contributed by atoms with Crippen molar-refractivity contribution < 1.29 is 14.9 Å². The fourth-order valence-corrected chi connectivity index (χ4v) is 2.20. The maximum Gasteiger partial charge on any atom is 0.0772 e. The van der Waals surface area contributed by atoms with E-state index < -0.39 is 5.60 Å².